The van der Waals surface area contributed by atoms with Crippen LogP contribution in [0.25, 0.3) is 0 Å². The van der Waals surface area contributed by atoms with Gasteiger partial charge in [-0.15, -0.1) is 0 Å². The molecule has 0 amide bonds. The molecule has 23 heavy (non-hydrogen) atoms. The van der Waals surface area contributed by atoms with Gasteiger partial charge in [-0.1, -0.05) is 0 Å². The number of H-pyrrole nitrogens is 1. The Bertz CT molecular complexity index is 624. The predicted octanol–water partition coefficient (Wildman–Crippen LogP) is 1.50. The van der Waals surface area contributed by atoms with E-state index in [4.69, 9.17) is 9.15 Å². The number of aromatic amines is 1. The molecule has 7 heteroatoms. The Morgan fingerprint density at radius 3 is 2.96 bits per heavy atom. The van der Waals surface area contributed by atoms with Crippen molar-refractivity contribution in [2.24, 2.45) is 5.92 Å². The van der Waals surface area contributed by atoms with Gasteiger partial charge in [-0.05, 0) is 37.8 Å². The largest absolute Gasteiger partial charge is 0.462 e. The Balaban J connectivity index is 1.46. The maximum Gasteiger partial charge on any atom is 0.153 e. The molecule has 0 bridgehead atoms. The second kappa shape index (κ2) is 7.25. The molecule has 1 aliphatic rings. The highest BCUT2D eigenvalue weighted by molar-refractivity contribution is 5.07. The fourth-order valence-corrected chi connectivity index (χ4v) is 3.19. The van der Waals surface area contributed by atoms with E-state index in [0.717, 1.165) is 42.6 Å². The van der Waals surface area contributed by atoms with Gasteiger partial charge in [0.1, 0.15) is 24.0 Å². The van der Waals surface area contributed by atoms with Crippen LogP contribution >= 0.6 is 0 Å². The Hall–Kier alpha value is -1.70. The minimum absolute atomic E-state index is 0.215. The van der Waals surface area contributed by atoms with E-state index >= 15 is 0 Å². The van der Waals surface area contributed by atoms with E-state index in [1.807, 2.05) is 19.1 Å². The predicted molar refractivity (Wildman–Crippen MR) is 83.7 cm³/mol. The third-order valence-corrected chi connectivity index (χ3v) is 4.35. The van der Waals surface area contributed by atoms with Crippen molar-refractivity contribution in [2.75, 3.05) is 13.7 Å². The number of aliphatic hydroxyl groups excluding tert-OH is 1. The van der Waals surface area contributed by atoms with Crippen LogP contribution in [0.3, 0.4) is 0 Å². The average Bonchev–Trinajstić information content (AvgIpc) is 3.22. The molecule has 2 aromatic rings. The lowest BCUT2D eigenvalue weighted by Crippen LogP contribution is -2.27. The molecule has 1 saturated carbocycles. The van der Waals surface area contributed by atoms with Crippen LogP contribution in [0.15, 0.2) is 16.5 Å². The van der Waals surface area contributed by atoms with Gasteiger partial charge in [-0.25, -0.2) is 4.98 Å². The highest BCUT2D eigenvalue weighted by Crippen LogP contribution is 2.36. The average molecular weight is 320 g/mol. The molecule has 126 valence electrons. The lowest BCUT2D eigenvalue weighted by atomic mass is 10.0. The van der Waals surface area contributed by atoms with Gasteiger partial charge in [0.05, 0.1) is 12.6 Å². The zero-order valence-corrected chi connectivity index (χ0v) is 13.6. The Labute approximate surface area is 135 Å². The van der Waals surface area contributed by atoms with Gasteiger partial charge in [0.25, 0.3) is 0 Å². The van der Waals surface area contributed by atoms with Crippen molar-refractivity contribution < 1.29 is 14.3 Å². The summed E-state index contributed by atoms with van der Waals surface area (Å²) in [6.07, 6.45) is 1.31. The molecule has 0 unspecified atom stereocenters. The van der Waals surface area contributed by atoms with Gasteiger partial charge >= 0.3 is 0 Å². The standard InChI is InChI=1S/C16H24N4O3/c1-10-18-16(20-19-10)11-5-12(15(21)6-11)7-17-8-13-3-4-14(23-13)9-22-2/h3-4,11-12,15,17,21H,5-9H2,1-2H3,(H,18,19,20)/t11-,12+,15+/m0/s1. The molecule has 1 fully saturated rings. The van der Waals surface area contributed by atoms with Gasteiger partial charge in [-0.2, -0.15) is 5.10 Å². The summed E-state index contributed by atoms with van der Waals surface area (Å²) in [7, 11) is 1.65. The van der Waals surface area contributed by atoms with Gasteiger partial charge in [0.2, 0.25) is 0 Å². The molecule has 2 heterocycles. The zero-order valence-electron chi connectivity index (χ0n) is 13.6. The van der Waals surface area contributed by atoms with Crippen molar-refractivity contribution >= 4 is 0 Å². The summed E-state index contributed by atoms with van der Waals surface area (Å²) < 4.78 is 10.7. The number of aliphatic hydroxyl groups is 1. The summed E-state index contributed by atoms with van der Waals surface area (Å²) in [4.78, 5) is 4.38. The van der Waals surface area contributed by atoms with Crippen molar-refractivity contribution in [3.8, 4) is 0 Å². The summed E-state index contributed by atoms with van der Waals surface area (Å²) in [5.41, 5.74) is 0. The summed E-state index contributed by atoms with van der Waals surface area (Å²) in [5.74, 6) is 3.79. The summed E-state index contributed by atoms with van der Waals surface area (Å²) in [6, 6.07) is 3.87. The quantitative estimate of drug-likeness (QED) is 0.715. The van der Waals surface area contributed by atoms with Crippen molar-refractivity contribution in [3.63, 3.8) is 0 Å². The Morgan fingerprint density at radius 2 is 2.22 bits per heavy atom. The minimum Gasteiger partial charge on any atom is -0.462 e. The summed E-state index contributed by atoms with van der Waals surface area (Å²) in [6.45, 7) is 3.78. The van der Waals surface area contributed by atoms with Gasteiger partial charge in [0.15, 0.2) is 5.82 Å². The van der Waals surface area contributed by atoms with Crippen molar-refractivity contribution in [1.82, 2.24) is 20.5 Å². The first-order valence-corrected chi connectivity index (χ1v) is 8.00. The van der Waals surface area contributed by atoms with E-state index in [2.05, 4.69) is 20.5 Å². The van der Waals surface area contributed by atoms with Crippen LogP contribution in [0.5, 0.6) is 0 Å². The monoisotopic (exact) mass is 320 g/mol. The molecule has 0 spiro atoms. The van der Waals surface area contributed by atoms with E-state index in [0.29, 0.717) is 13.2 Å². The van der Waals surface area contributed by atoms with Crippen molar-refractivity contribution in [3.05, 3.63) is 35.3 Å². The SMILES string of the molecule is COCc1ccc(CNC[C@H]2C[C@H](c3n[nH]c(C)n3)C[C@H]2O)o1. The zero-order chi connectivity index (χ0) is 16.2. The molecule has 7 nitrogen and oxygen atoms in total. The lowest BCUT2D eigenvalue weighted by molar-refractivity contribution is 0.130. The van der Waals surface area contributed by atoms with Gasteiger partial charge in [-0.3, -0.25) is 5.10 Å². The van der Waals surface area contributed by atoms with Crippen LogP contribution in [0.1, 0.15) is 41.9 Å². The molecular weight excluding hydrogens is 296 g/mol. The number of hydrogen-bond donors (Lipinski definition) is 3. The van der Waals surface area contributed by atoms with Crippen LogP contribution in [0, 0.1) is 12.8 Å². The number of rotatable bonds is 7. The summed E-state index contributed by atoms with van der Waals surface area (Å²) >= 11 is 0. The molecule has 0 saturated heterocycles. The number of furan rings is 1. The van der Waals surface area contributed by atoms with Gasteiger partial charge in [0, 0.05) is 19.6 Å². The van der Waals surface area contributed by atoms with Crippen molar-refractivity contribution in [2.45, 2.75) is 44.9 Å². The minimum atomic E-state index is -0.313. The molecule has 0 aliphatic heterocycles. The third-order valence-electron chi connectivity index (χ3n) is 4.35. The number of hydrogen-bond acceptors (Lipinski definition) is 6. The molecule has 1 aliphatic carbocycles. The van der Waals surface area contributed by atoms with Crippen LogP contribution in [0.2, 0.25) is 0 Å². The number of ether oxygens (including phenoxy) is 1. The molecule has 0 radical (unpaired) electrons. The van der Waals surface area contributed by atoms with E-state index in [9.17, 15) is 5.11 Å². The maximum atomic E-state index is 10.3. The third kappa shape index (κ3) is 3.99. The summed E-state index contributed by atoms with van der Waals surface area (Å²) in [5, 5.41) is 20.7. The second-order valence-corrected chi connectivity index (χ2v) is 6.21. The molecule has 2 aromatic heterocycles. The van der Waals surface area contributed by atoms with Gasteiger partial charge < -0.3 is 19.6 Å². The first-order chi connectivity index (χ1) is 11.2. The molecule has 0 aromatic carbocycles. The van der Waals surface area contributed by atoms with E-state index in [1.165, 1.54) is 0 Å². The second-order valence-electron chi connectivity index (χ2n) is 6.21. The fourth-order valence-electron chi connectivity index (χ4n) is 3.19. The van der Waals surface area contributed by atoms with Crippen LogP contribution in [-0.2, 0) is 17.9 Å². The normalized spacial score (nSPS) is 24.4. The van der Waals surface area contributed by atoms with Crippen LogP contribution < -0.4 is 5.32 Å². The Morgan fingerprint density at radius 1 is 1.39 bits per heavy atom. The Kier molecular flexibility index (Phi) is 5.09. The number of aromatic nitrogens is 3. The molecule has 3 atom stereocenters. The number of aryl methyl sites for hydroxylation is 1. The molecular formula is C16H24N4O3. The van der Waals surface area contributed by atoms with Crippen LogP contribution in [0.4, 0.5) is 0 Å². The topological polar surface area (TPSA) is 96.2 Å². The first kappa shape index (κ1) is 16.2. The smallest absolute Gasteiger partial charge is 0.153 e. The lowest BCUT2D eigenvalue weighted by Gasteiger charge is -2.14. The number of nitrogens with zero attached hydrogens (tertiary/aromatic N) is 2. The van der Waals surface area contributed by atoms with E-state index < -0.39 is 0 Å². The van der Waals surface area contributed by atoms with Crippen LogP contribution in [-0.4, -0.2) is 40.0 Å². The number of methoxy groups -OCH3 is 1. The van der Waals surface area contributed by atoms with E-state index in [-0.39, 0.29) is 17.9 Å². The first-order valence-electron chi connectivity index (χ1n) is 8.00. The van der Waals surface area contributed by atoms with E-state index in [1.54, 1.807) is 7.11 Å². The fraction of sp³-hybridized carbons (Fsp3) is 0.625. The highest BCUT2D eigenvalue weighted by Gasteiger charge is 2.35. The maximum absolute atomic E-state index is 10.3. The molecule has 3 rings (SSSR count). The van der Waals surface area contributed by atoms with Crippen molar-refractivity contribution in [1.29, 1.82) is 0 Å². The highest BCUT2D eigenvalue weighted by atomic mass is 16.5. The molecule has 3 N–H and O–H groups in total. The number of nitrogens with one attached hydrogen (secondary N) is 2.